The first-order valence-electron chi connectivity index (χ1n) is 7.89. The van der Waals surface area contributed by atoms with Crippen molar-refractivity contribution in [3.8, 4) is 0 Å². The highest BCUT2D eigenvalue weighted by molar-refractivity contribution is 7.10. The maximum atomic E-state index is 12.8. The van der Waals surface area contributed by atoms with Gasteiger partial charge in [0.05, 0.1) is 11.3 Å². The number of hydrazine groups is 1. The third kappa shape index (κ3) is 3.83. The molecule has 2 amide bonds. The summed E-state index contributed by atoms with van der Waals surface area (Å²) in [7, 11) is 0. The molecule has 2 N–H and O–H groups in total. The largest absolute Gasteiger partial charge is 0.380 e. The van der Waals surface area contributed by atoms with Gasteiger partial charge in [0.15, 0.2) is 0 Å². The summed E-state index contributed by atoms with van der Waals surface area (Å²) in [5.41, 5.74) is 2.12. The van der Waals surface area contributed by atoms with Gasteiger partial charge in [0.25, 0.3) is 11.8 Å². The maximum absolute atomic E-state index is 12.8. The summed E-state index contributed by atoms with van der Waals surface area (Å²) in [6, 6.07) is 10.6. The zero-order valence-electron chi connectivity index (χ0n) is 14.1. The second-order valence-electron chi connectivity index (χ2n) is 5.60. The minimum atomic E-state index is -1.50. The van der Waals surface area contributed by atoms with E-state index in [1.807, 2.05) is 13.0 Å². The third-order valence-electron chi connectivity index (χ3n) is 4.00. The lowest BCUT2D eigenvalue weighted by Gasteiger charge is -2.29. The summed E-state index contributed by atoms with van der Waals surface area (Å²) < 4.78 is 0. The fraction of sp³-hybridized carbons (Fsp3) is 0.333. The molecule has 128 valence electrons. The fourth-order valence-corrected chi connectivity index (χ4v) is 2.95. The van der Waals surface area contributed by atoms with Gasteiger partial charge in [0, 0.05) is 10.3 Å². The molecular weight excluding hydrogens is 324 g/mol. The van der Waals surface area contributed by atoms with Crippen molar-refractivity contribution in [1.29, 1.82) is 0 Å². The Hall–Kier alpha value is -2.18. The van der Waals surface area contributed by atoms with Crippen LogP contribution in [0.2, 0.25) is 0 Å². The Labute approximate surface area is 145 Å². The maximum Gasteiger partial charge on any atom is 0.277 e. The SMILES string of the molecule is CCC(O)(CC)C(=O)NN(C(=O)c1csc(C)c1)c1ccccc1. The van der Waals surface area contributed by atoms with Crippen LogP contribution in [-0.4, -0.2) is 22.5 Å². The van der Waals surface area contributed by atoms with E-state index in [1.165, 1.54) is 16.3 Å². The molecule has 1 aromatic heterocycles. The van der Waals surface area contributed by atoms with Crippen molar-refractivity contribution >= 4 is 28.8 Å². The molecule has 0 bridgehead atoms. The van der Waals surface area contributed by atoms with E-state index >= 15 is 0 Å². The molecule has 2 aromatic rings. The third-order valence-corrected chi connectivity index (χ3v) is 4.86. The van der Waals surface area contributed by atoms with Crippen LogP contribution in [-0.2, 0) is 4.79 Å². The van der Waals surface area contributed by atoms with E-state index in [-0.39, 0.29) is 18.7 Å². The number of aliphatic hydroxyl groups is 1. The first-order valence-corrected chi connectivity index (χ1v) is 8.77. The fourth-order valence-electron chi connectivity index (χ4n) is 2.27. The van der Waals surface area contributed by atoms with Gasteiger partial charge in [-0.05, 0) is 38.0 Å². The Kier molecular flexibility index (Phi) is 5.75. The van der Waals surface area contributed by atoms with Gasteiger partial charge < -0.3 is 5.11 Å². The van der Waals surface area contributed by atoms with Gasteiger partial charge >= 0.3 is 0 Å². The molecule has 0 saturated carbocycles. The summed E-state index contributed by atoms with van der Waals surface area (Å²) >= 11 is 1.47. The van der Waals surface area contributed by atoms with Crippen LogP contribution in [0.15, 0.2) is 41.8 Å². The topological polar surface area (TPSA) is 69.6 Å². The van der Waals surface area contributed by atoms with Crippen molar-refractivity contribution in [2.75, 3.05) is 5.01 Å². The number of carbonyl (C=O) groups is 2. The molecule has 6 heteroatoms. The summed E-state index contributed by atoms with van der Waals surface area (Å²) in [5.74, 6) is -0.926. The van der Waals surface area contributed by atoms with Crippen molar-refractivity contribution in [2.45, 2.75) is 39.2 Å². The molecule has 0 radical (unpaired) electrons. The highest BCUT2D eigenvalue weighted by atomic mass is 32.1. The van der Waals surface area contributed by atoms with E-state index in [4.69, 9.17) is 0 Å². The van der Waals surface area contributed by atoms with Crippen LogP contribution in [0.3, 0.4) is 0 Å². The predicted octanol–water partition coefficient (Wildman–Crippen LogP) is 3.29. The number of benzene rings is 1. The summed E-state index contributed by atoms with van der Waals surface area (Å²) in [6.45, 7) is 5.39. The Morgan fingerprint density at radius 2 is 1.83 bits per heavy atom. The number of carbonyl (C=O) groups excluding carboxylic acids is 2. The zero-order chi connectivity index (χ0) is 17.7. The van der Waals surface area contributed by atoms with Crippen molar-refractivity contribution in [2.24, 2.45) is 0 Å². The lowest BCUT2D eigenvalue weighted by atomic mass is 9.97. The Morgan fingerprint density at radius 3 is 2.33 bits per heavy atom. The monoisotopic (exact) mass is 346 g/mol. The van der Waals surface area contributed by atoms with Crippen LogP contribution in [0.1, 0.15) is 41.9 Å². The second-order valence-corrected chi connectivity index (χ2v) is 6.72. The van der Waals surface area contributed by atoms with Crippen LogP contribution in [0.5, 0.6) is 0 Å². The van der Waals surface area contributed by atoms with E-state index in [0.29, 0.717) is 11.3 Å². The smallest absolute Gasteiger partial charge is 0.277 e. The number of hydrogen-bond acceptors (Lipinski definition) is 4. The molecule has 0 spiro atoms. The lowest BCUT2D eigenvalue weighted by molar-refractivity contribution is -0.140. The minimum Gasteiger partial charge on any atom is -0.380 e. The number of anilines is 1. The van der Waals surface area contributed by atoms with E-state index < -0.39 is 11.5 Å². The van der Waals surface area contributed by atoms with Crippen molar-refractivity contribution in [1.82, 2.24) is 5.43 Å². The molecule has 0 aliphatic carbocycles. The normalized spacial score (nSPS) is 11.2. The highest BCUT2D eigenvalue weighted by Crippen LogP contribution is 2.21. The van der Waals surface area contributed by atoms with Gasteiger partial charge in [-0.2, -0.15) is 0 Å². The van der Waals surface area contributed by atoms with Gasteiger partial charge in [-0.1, -0.05) is 32.0 Å². The van der Waals surface area contributed by atoms with E-state index in [9.17, 15) is 14.7 Å². The Bertz CT molecular complexity index is 708. The van der Waals surface area contributed by atoms with Crippen molar-refractivity contribution in [3.63, 3.8) is 0 Å². The van der Waals surface area contributed by atoms with Crippen LogP contribution in [0.4, 0.5) is 5.69 Å². The van der Waals surface area contributed by atoms with Gasteiger partial charge in [-0.15, -0.1) is 11.3 Å². The predicted molar refractivity (Wildman–Crippen MR) is 96.0 cm³/mol. The number of para-hydroxylation sites is 1. The second kappa shape index (κ2) is 7.59. The first-order chi connectivity index (χ1) is 11.4. The molecule has 24 heavy (non-hydrogen) atoms. The molecule has 2 rings (SSSR count). The number of amides is 2. The van der Waals surface area contributed by atoms with Gasteiger partial charge in [0.1, 0.15) is 5.60 Å². The molecule has 1 aromatic carbocycles. The highest BCUT2D eigenvalue weighted by Gasteiger charge is 2.34. The number of hydrogen-bond donors (Lipinski definition) is 2. The zero-order valence-corrected chi connectivity index (χ0v) is 14.9. The van der Waals surface area contributed by atoms with Crippen LogP contribution >= 0.6 is 11.3 Å². The molecule has 0 fully saturated rings. The summed E-state index contributed by atoms with van der Waals surface area (Å²) in [4.78, 5) is 26.3. The molecular formula is C18H22N2O3S. The number of thiophene rings is 1. The van der Waals surface area contributed by atoms with E-state index in [1.54, 1.807) is 49.6 Å². The number of nitrogens with one attached hydrogen (secondary N) is 1. The van der Waals surface area contributed by atoms with E-state index in [2.05, 4.69) is 5.43 Å². The molecule has 0 saturated heterocycles. The molecule has 0 atom stereocenters. The average molecular weight is 346 g/mol. The lowest BCUT2D eigenvalue weighted by Crippen LogP contribution is -2.55. The number of nitrogens with zero attached hydrogens (tertiary/aromatic N) is 1. The average Bonchev–Trinajstić information content (AvgIpc) is 3.05. The molecule has 5 nitrogen and oxygen atoms in total. The molecule has 0 unspecified atom stereocenters. The minimum absolute atomic E-state index is 0.268. The van der Waals surface area contributed by atoms with E-state index in [0.717, 1.165) is 4.88 Å². The standard InChI is InChI=1S/C18H22N2O3S/c1-4-18(23,5-2)17(22)19-20(15-9-7-6-8-10-15)16(21)14-11-13(3)24-12-14/h6-12,23H,4-5H2,1-3H3,(H,19,22). The van der Waals surface area contributed by atoms with Crippen molar-refractivity contribution in [3.05, 3.63) is 52.2 Å². The van der Waals surface area contributed by atoms with Crippen molar-refractivity contribution < 1.29 is 14.7 Å². The molecule has 0 aliphatic heterocycles. The number of aryl methyl sites for hydroxylation is 1. The Morgan fingerprint density at radius 1 is 1.21 bits per heavy atom. The summed E-state index contributed by atoms with van der Waals surface area (Å²) in [6.07, 6.45) is 0.535. The molecule has 0 aliphatic rings. The van der Waals surface area contributed by atoms with Gasteiger partial charge in [-0.25, -0.2) is 5.01 Å². The van der Waals surface area contributed by atoms with Gasteiger partial charge in [0.2, 0.25) is 0 Å². The van der Waals surface area contributed by atoms with Gasteiger partial charge in [-0.3, -0.25) is 15.0 Å². The van der Waals surface area contributed by atoms with Crippen LogP contribution in [0, 0.1) is 6.92 Å². The van der Waals surface area contributed by atoms with Crippen LogP contribution < -0.4 is 10.4 Å². The first kappa shape index (κ1) is 18.2. The number of rotatable bonds is 5. The quantitative estimate of drug-likeness (QED) is 0.816. The Balaban J connectivity index is 2.34. The summed E-state index contributed by atoms with van der Waals surface area (Å²) in [5, 5.41) is 13.4. The van der Waals surface area contributed by atoms with Crippen LogP contribution in [0.25, 0.3) is 0 Å². The molecule has 1 heterocycles.